The molecule has 4 heteroatoms. The van der Waals surface area contributed by atoms with Gasteiger partial charge in [-0.15, -0.1) is 0 Å². The molecule has 3 rings (SSSR count). The first kappa shape index (κ1) is 17.1. The minimum atomic E-state index is -0.248. The molecule has 0 saturated carbocycles. The number of rotatable bonds is 6. The molecule has 0 radical (unpaired) electrons. The lowest BCUT2D eigenvalue weighted by Crippen LogP contribution is -2.34. The van der Waals surface area contributed by atoms with Crippen LogP contribution < -0.4 is 0 Å². The van der Waals surface area contributed by atoms with Crippen LogP contribution in [-0.2, 0) is 6.42 Å². The molecule has 0 fully saturated rings. The molecule has 0 N–H and O–H groups in total. The minimum Gasteiger partial charge on any atom is -0.337 e. The molecule has 1 heterocycles. The monoisotopic (exact) mass is 336 g/mol. The molecule has 2 aromatic carbocycles. The van der Waals surface area contributed by atoms with Crippen LogP contribution in [0.15, 0.2) is 60.7 Å². The van der Waals surface area contributed by atoms with E-state index in [0.717, 1.165) is 22.9 Å². The number of amides is 1. The fraction of sp³-hybridized carbons (Fsp3) is 0.238. The molecule has 25 heavy (non-hydrogen) atoms. The number of carbonyl (C=O) groups excluding carboxylic acids is 1. The minimum absolute atomic E-state index is 0.0796. The van der Waals surface area contributed by atoms with E-state index >= 15 is 0 Å². The van der Waals surface area contributed by atoms with Crippen molar-refractivity contribution >= 4 is 16.8 Å². The number of halogens is 1. The van der Waals surface area contributed by atoms with E-state index in [1.54, 1.807) is 17.0 Å². The van der Waals surface area contributed by atoms with Crippen molar-refractivity contribution < 1.29 is 9.18 Å². The summed E-state index contributed by atoms with van der Waals surface area (Å²) >= 11 is 0. The highest BCUT2D eigenvalue weighted by molar-refractivity contribution is 5.94. The molecule has 0 spiro atoms. The Balaban J connectivity index is 1.77. The van der Waals surface area contributed by atoms with E-state index in [2.05, 4.69) is 4.98 Å². The first-order valence-electron chi connectivity index (χ1n) is 8.57. The maximum absolute atomic E-state index is 13.3. The molecule has 1 amide bonds. The average Bonchev–Trinajstić information content (AvgIpc) is 2.64. The number of benzene rings is 2. The lowest BCUT2D eigenvalue weighted by atomic mass is 10.1. The molecule has 3 aromatic rings. The quantitative estimate of drug-likeness (QED) is 0.665. The van der Waals surface area contributed by atoms with Crippen molar-refractivity contribution in [3.05, 3.63) is 77.7 Å². The lowest BCUT2D eigenvalue weighted by Gasteiger charge is -2.22. The summed E-state index contributed by atoms with van der Waals surface area (Å²) in [4.78, 5) is 19.1. The molecule has 128 valence electrons. The van der Waals surface area contributed by atoms with Gasteiger partial charge in [-0.25, -0.2) is 9.37 Å². The van der Waals surface area contributed by atoms with Crippen LogP contribution in [0.4, 0.5) is 4.39 Å². The second-order valence-electron chi connectivity index (χ2n) is 6.06. The summed E-state index contributed by atoms with van der Waals surface area (Å²) in [5.74, 6) is -0.328. The Bertz CT molecular complexity index is 878. The number of pyridine rings is 1. The van der Waals surface area contributed by atoms with E-state index in [-0.39, 0.29) is 11.7 Å². The lowest BCUT2D eigenvalue weighted by molar-refractivity contribution is 0.0752. The third-order valence-corrected chi connectivity index (χ3v) is 4.16. The van der Waals surface area contributed by atoms with Crippen molar-refractivity contribution in [3.63, 3.8) is 0 Å². The largest absolute Gasteiger partial charge is 0.337 e. The second-order valence-corrected chi connectivity index (χ2v) is 6.06. The van der Waals surface area contributed by atoms with Gasteiger partial charge in [-0.3, -0.25) is 4.79 Å². The summed E-state index contributed by atoms with van der Waals surface area (Å²) in [6.07, 6.45) is 1.49. The van der Waals surface area contributed by atoms with E-state index in [4.69, 9.17) is 0 Å². The van der Waals surface area contributed by atoms with Gasteiger partial charge >= 0.3 is 0 Å². The summed E-state index contributed by atoms with van der Waals surface area (Å²) in [6, 6.07) is 18.0. The average molecular weight is 336 g/mol. The van der Waals surface area contributed by atoms with Crippen molar-refractivity contribution in [1.29, 1.82) is 0 Å². The zero-order chi connectivity index (χ0) is 17.6. The predicted octanol–water partition coefficient (Wildman–Crippen LogP) is 4.47. The third-order valence-electron chi connectivity index (χ3n) is 4.16. The number of hydrogen-bond donors (Lipinski definition) is 0. The molecule has 0 aliphatic heterocycles. The fourth-order valence-electron chi connectivity index (χ4n) is 2.89. The fourth-order valence-corrected chi connectivity index (χ4v) is 2.89. The van der Waals surface area contributed by atoms with E-state index in [9.17, 15) is 9.18 Å². The zero-order valence-electron chi connectivity index (χ0n) is 14.3. The Hall–Kier alpha value is -2.75. The standard InChI is InChI=1S/C21H21FN2O/c1-2-13-24(14-12-16-6-5-8-18(22)15-16)21(25)20-11-10-17-7-3-4-9-19(17)23-20/h3-11,15H,2,12-14H2,1H3. The molecule has 0 aliphatic carbocycles. The van der Waals surface area contributed by atoms with Gasteiger partial charge in [0.2, 0.25) is 0 Å². The SMILES string of the molecule is CCCN(CCc1cccc(F)c1)C(=O)c1ccc2ccccc2n1. The van der Waals surface area contributed by atoms with Crippen molar-refractivity contribution in [2.24, 2.45) is 0 Å². The van der Waals surface area contributed by atoms with Gasteiger partial charge in [0.05, 0.1) is 5.52 Å². The molecular formula is C21H21FN2O. The third kappa shape index (κ3) is 4.21. The first-order valence-corrected chi connectivity index (χ1v) is 8.57. The molecule has 0 aliphatic rings. The van der Waals surface area contributed by atoms with E-state index in [0.29, 0.717) is 25.2 Å². The predicted molar refractivity (Wildman–Crippen MR) is 98.0 cm³/mol. The number of para-hydroxylation sites is 1. The van der Waals surface area contributed by atoms with E-state index < -0.39 is 0 Å². The van der Waals surface area contributed by atoms with Gasteiger partial charge in [0.1, 0.15) is 11.5 Å². The number of aromatic nitrogens is 1. The molecule has 0 unspecified atom stereocenters. The van der Waals surface area contributed by atoms with Gasteiger partial charge < -0.3 is 4.90 Å². The van der Waals surface area contributed by atoms with Crippen LogP contribution in [0, 0.1) is 5.82 Å². The first-order chi connectivity index (χ1) is 12.2. The van der Waals surface area contributed by atoms with Crippen LogP contribution in [0.25, 0.3) is 10.9 Å². The van der Waals surface area contributed by atoms with Gasteiger partial charge in [0.25, 0.3) is 5.91 Å². The van der Waals surface area contributed by atoms with Gasteiger partial charge in [-0.05, 0) is 42.7 Å². The summed E-state index contributed by atoms with van der Waals surface area (Å²) in [6.45, 7) is 3.24. The molecule has 0 bridgehead atoms. The number of carbonyl (C=O) groups is 1. The maximum Gasteiger partial charge on any atom is 0.272 e. The zero-order valence-corrected chi connectivity index (χ0v) is 14.3. The topological polar surface area (TPSA) is 33.2 Å². The number of hydrogen-bond acceptors (Lipinski definition) is 2. The van der Waals surface area contributed by atoms with Gasteiger partial charge in [0.15, 0.2) is 0 Å². The van der Waals surface area contributed by atoms with Gasteiger partial charge in [-0.2, -0.15) is 0 Å². The van der Waals surface area contributed by atoms with Crippen LogP contribution >= 0.6 is 0 Å². The van der Waals surface area contributed by atoms with Crippen LogP contribution in [0.3, 0.4) is 0 Å². The van der Waals surface area contributed by atoms with Gasteiger partial charge in [-0.1, -0.05) is 43.3 Å². The van der Waals surface area contributed by atoms with Crippen molar-refractivity contribution in [2.75, 3.05) is 13.1 Å². The highest BCUT2D eigenvalue weighted by Gasteiger charge is 2.16. The smallest absolute Gasteiger partial charge is 0.272 e. The van der Waals surface area contributed by atoms with Crippen molar-refractivity contribution in [1.82, 2.24) is 9.88 Å². The highest BCUT2D eigenvalue weighted by Crippen LogP contribution is 2.14. The Morgan fingerprint density at radius 3 is 2.68 bits per heavy atom. The summed E-state index contributed by atoms with van der Waals surface area (Å²) in [5.41, 5.74) is 2.15. The Morgan fingerprint density at radius 1 is 1.04 bits per heavy atom. The van der Waals surface area contributed by atoms with E-state index in [1.807, 2.05) is 43.3 Å². The van der Waals surface area contributed by atoms with Crippen LogP contribution in [0.5, 0.6) is 0 Å². The summed E-state index contributed by atoms with van der Waals surface area (Å²) in [7, 11) is 0. The van der Waals surface area contributed by atoms with Gasteiger partial charge in [0, 0.05) is 18.5 Å². The Labute approximate surface area is 147 Å². The van der Waals surface area contributed by atoms with Crippen LogP contribution in [0.2, 0.25) is 0 Å². The van der Waals surface area contributed by atoms with Crippen molar-refractivity contribution in [2.45, 2.75) is 19.8 Å². The highest BCUT2D eigenvalue weighted by atomic mass is 19.1. The van der Waals surface area contributed by atoms with Crippen LogP contribution in [0.1, 0.15) is 29.4 Å². The Morgan fingerprint density at radius 2 is 1.88 bits per heavy atom. The number of fused-ring (bicyclic) bond motifs is 1. The molecule has 3 nitrogen and oxygen atoms in total. The molecular weight excluding hydrogens is 315 g/mol. The molecule has 0 atom stereocenters. The molecule has 0 saturated heterocycles. The number of nitrogens with zero attached hydrogens (tertiary/aromatic N) is 2. The summed E-state index contributed by atoms with van der Waals surface area (Å²) < 4.78 is 13.3. The van der Waals surface area contributed by atoms with Crippen molar-refractivity contribution in [3.8, 4) is 0 Å². The maximum atomic E-state index is 13.3. The normalized spacial score (nSPS) is 10.8. The molecule has 1 aromatic heterocycles. The van der Waals surface area contributed by atoms with Crippen LogP contribution in [-0.4, -0.2) is 28.9 Å². The second kappa shape index (κ2) is 7.88. The Kier molecular flexibility index (Phi) is 5.39. The summed E-state index contributed by atoms with van der Waals surface area (Å²) in [5, 5.41) is 1.01. The van der Waals surface area contributed by atoms with E-state index in [1.165, 1.54) is 12.1 Å².